The molecule has 2 rings (SSSR count). The third kappa shape index (κ3) is 4.30. The number of carbonyl (C=O) groups excluding carboxylic acids is 2. The van der Waals surface area contributed by atoms with E-state index < -0.39 is 0 Å². The van der Waals surface area contributed by atoms with Crippen molar-refractivity contribution in [2.24, 2.45) is 0 Å². The maximum absolute atomic E-state index is 12.1. The minimum absolute atomic E-state index is 0.101. The summed E-state index contributed by atoms with van der Waals surface area (Å²) in [6, 6.07) is 6.69. The number of halogens is 2. The van der Waals surface area contributed by atoms with Gasteiger partial charge in [0.2, 0.25) is 5.91 Å². The molecule has 0 radical (unpaired) electrons. The molecule has 0 bridgehead atoms. The molecule has 1 aromatic carbocycles. The monoisotopic (exact) mass is 386 g/mol. The third-order valence-electron chi connectivity index (χ3n) is 2.65. The van der Waals surface area contributed by atoms with E-state index in [-0.39, 0.29) is 11.8 Å². The molecule has 1 heterocycles. The van der Waals surface area contributed by atoms with Crippen molar-refractivity contribution in [3.05, 3.63) is 44.0 Å². The molecule has 0 fully saturated rings. The lowest BCUT2D eigenvalue weighted by molar-refractivity contribution is -0.115. The van der Waals surface area contributed by atoms with Gasteiger partial charge in [-0.1, -0.05) is 18.5 Å². The zero-order valence-electron chi connectivity index (χ0n) is 11.1. The second-order valence-corrected chi connectivity index (χ2v) is 6.89. The van der Waals surface area contributed by atoms with Crippen LogP contribution in [0.5, 0.6) is 0 Å². The van der Waals surface area contributed by atoms with Crippen LogP contribution < -0.4 is 10.6 Å². The van der Waals surface area contributed by atoms with Gasteiger partial charge in [0.25, 0.3) is 5.91 Å². The van der Waals surface area contributed by atoms with Crippen molar-refractivity contribution in [2.75, 3.05) is 10.6 Å². The summed E-state index contributed by atoms with van der Waals surface area (Å²) >= 11 is 10.8. The summed E-state index contributed by atoms with van der Waals surface area (Å²) in [5.41, 5.74) is 1.59. The number of benzene rings is 1. The predicted octanol–water partition coefficient (Wildman–Crippen LogP) is 4.76. The van der Waals surface area contributed by atoms with Crippen LogP contribution in [0.2, 0.25) is 5.02 Å². The first-order valence-electron chi connectivity index (χ1n) is 6.14. The standard InChI is InChI=1S/C14H12BrClN2O2S/c1-2-13(19)17-9-3-4-10(16)11(6-9)18-14(20)8-5-12(15)21-7-8/h3-7H,2H2,1H3,(H,17,19)(H,18,20). The van der Waals surface area contributed by atoms with Crippen molar-refractivity contribution >= 4 is 62.1 Å². The number of anilines is 2. The lowest BCUT2D eigenvalue weighted by atomic mass is 10.2. The molecule has 0 atom stereocenters. The molecule has 0 spiro atoms. The predicted molar refractivity (Wildman–Crippen MR) is 90.3 cm³/mol. The fourth-order valence-corrected chi connectivity index (χ4v) is 2.87. The van der Waals surface area contributed by atoms with Gasteiger partial charge in [-0.15, -0.1) is 11.3 Å². The van der Waals surface area contributed by atoms with E-state index in [1.807, 2.05) is 0 Å². The van der Waals surface area contributed by atoms with Crippen molar-refractivity contribution in [1.29, 1.82) is 0 Å². The number of nitrogens with one attached hydrogen (secondary N) is 2. The van der Waals surface area contributed by atoms with Gasteiger partial charge in [0.05, 0.1) is 20.1 Å². The van der Waals surface area contributed by atoms with Gasteiger partial charge >= 0.3 is 0 Å². The zero-order valence-corrected chi connectivity index (χ0v) is 14.2. The van der Waals surface area contributed by atoms with Crippen molar-refractivity contribution in [1.82, 2.24) is 0 Å². The number of rotatable bonds is 4. The number of thiophene rings is 1. The van der Waals surface area contributed by atoms with E-state index in [9.17, 15) is 9.59 Å². The number of hydrogen-bond donors (Lipinski definition) is 2. The van der Waals surface area contributed by atoms with Crippen molar-refractivity contribution in [3.8, 4) is 0 Å². The van der Waals surface area contributed by atoms with E-state index in [0.717, 1.165) is 3.79 Å². The molecule has 2 N–H and O–H groups in total. The summed E-state index contributed by atoms with van der Waals surface area (Å²) in [6.07, 6.45) is 0.382. The Hall–Kier alpha value is -1.37. The maximum Gasteiger partial charge on any atom is 0.256 e. The summed E-state index contributed by atoms with van der Waals surface area (Å²) in [6.45, 7) is 1.77. The van der Waals surface area contributed by atoms with Crippen LogP contribution in [-0.4, -0.2) is 11.8 Å². The first kappa shape index (κ1) is 16.0. The van der Waals surface area contributed by atoms with Crippen LogP contribution in [0.3, 0.4) is 0 Å². The maximum atomic E-state index is 12.1. The van der Waals surface area contributed by atoms with Crippen molar-refractivity contribution in [3.63, 3.8) is 0 Å². The Bertz CT molecular complexity index is 687. The normalized spacial score (nSPS) is 10.2. The number of amides is 2. The minimum atomic E-state index is -0.252. The van der Waals surface area contributed by atoms with Crippen LogP contribution in [0, 0.1) is 0 Å². The summed E-state index contributed by atoms with van der Waals surface area (Å²) < 4.78 is 0.878. The summed E-state index contributed by atoms with van der Waals surface area (Å²) in [5, 5.41) is 7.61. The van der Waals surface area contributed by atoms with Gasteiger partial charge in [-0.25, -0.2) is 0 Å². The Labute approximate surface area is 139 Å². The molecule has 4 nitrogen and oxygen atoms in total. The smallest absolute Gasteiger partial charge is 0.256 e. The van der Waals surface area contributed by atoms with Crippen LogP contribution in [0.25, 0.3) is 0 Å². The highest BCUT2D eigenvalue weighted by Crippen LogP contribution is 2.27. The highest BCUT2D eigenvalue weighted by molar-refractivity contribution is 9.11. The van der Waals surface area contributed by atoms with Gasteiger partial charge in [-0.3, -0.25) is 9.59 Å². The fourth-order valence-electron chi connectivity index (χ4n) is 1.57. The minimum Gasteiger partial charge on any atom is -0.326 e. The number of carbonyl (C=O) groups is 2. The average Bonchev–Trinajstić information content (AvgIpc) is 2.89. The van der Waals surface area contributed by atoms with Gasteiger partial charge in [-0.2, -0.15) is 0 Å². The van der Waals surface area contributed by atoms with E-state index in [2.05, 4.69) is 26.6 Å². The average molecular weight is 388 g/mol. The van der Waals surface area contributed by atoms with Gasteiger partial charge in [-0.05, 0) is 40.2 Å². The number of hydrogen-bond acceptors (Lipinski definition) is 3. The van der Waals surface area contributed by atoms with Crippen molar-refractivity contribution < 1.29 is 9.59 Å². The Morgan fingerprint density at radius 1 is 1.29 bits per heavy atom. The molecule has 7 heteroatoms. The molecule has 0 saturated heterocycles. The second kappa shape index (κ2) is 7.06. The fraction of sp³-hybridized carbons (Fsp3) is 0.143. The molecule has 1 aromatic heterocycles. The van der Waals surface area contributed by atoms with E-state index in [0.29, 0.717) is 28.4 Å². The third-order valence-corrected chi connectivity index (χ3v) is 4.48. The molecule has 2 aromatic rings. The highest BCUT2D eigenvalue weighted by atomic mass is 79.9. The summed E-state index contributed by atoms with van der Waals surface area (Å²) in [7, 11) is 0. The van der Waals surface area contributed by atoms with Crippen LogP contribution in [0.1, 0.15) is 23.7 Å². The van der Waals surface area contributed by atoms with E-state index in [1.165, 1.54) is 11.3 Å². The molecule has 110 valence electrons. The quantitative estimate of drug-likeness (QED) is 0.794. The summed E-state index contributed by atoms with van der Waals surface area (Å²) in [4.78, 5) is 23.5. The molecule has 21 heavy (non-hydrogen) atoms. The van der Waals surface area contributed by atoms with Gasteiger partial charge < -0.3 is 10.6 Å². The lowest BCUT2D eigenvalue weighted by Gasteiger charge is -2.09. The lowest BCUT2D eigenvalue weighted by Crippen LogP contribution is -2.13. The Morgan fingerprint density at radius 2 is 2.05 bits per heavy atom. The van der Waals surface area contributed by atoms with Gasteiger partial charge in [0, 0.05) is 17.5 Å². The Morgan fingerprint density at radius 3 is 2.67 bits per heavy atom. The molecular weight excluding hydrogens is 376 g/mol. The zero-order chi connectivity index (χ0) is 15.4. The molecule has 0 saturated carbocycles. The first-order chi connectivity index (χ1) is 9.99. The van der Waals surface area contributed by atoms with Crippen LogP contribution >= 0.6 is 38.9 Å². The Kier molecular flexibility index (Phi) is 5.39. The SMILES string of the molecule is CCC(=O)Nc1ccc(Cl)c(NC(=O)c2csc(Br)c2)c1. The van der Waals surface area contributed by atoms with Crippen LogP contribution in [-0.2, 0) is 4.79 Å². The van der Waals surface area contributed by atoms with E-state index in [1.54, 1.807) is 36.6 Å². The topological polar surface area (TPSA) is 58.2 Å². The molecule has 0 aliphatic heterocycles. The van der Waals surface area contributed by atoms with Crippen LogP contribution in [0.4, 0.5) is 11.4 Å². The largest absolute Gasteiger partial charge is 0.326 e. The van der Waals surface area contributed by atoms with Gasteiger partial charge in [0.15, 0.2) is 0 Å². The molecule has 0 aliphatic rings. The molecule has 0 aliphatic carbocycles. The summed E-state index contributed by atoms with van der Waals surface area (Å²) in [5.74, 6) is -0.353. The first-order valence-corrected chi connectivity index (χ1v) is 8.19. The van der Waals surface area contributed by atoms with Crippen LogP contribution in [0.15, 0.2) is 33.4 Å². The van der Waals surface area contributed by atoms with E-state index >= 15 is 0 Å². The molecular formula is C14H12BrClN2O2S. The van der Waals surface area contributed by atoms with E-state index in [4.69, 9.17) is 11.6 Å². The highest BCUT2D eigenvalue weighted by Gasteiger charge is 2.11. The van der Waals surface area contributed by atoms with Crippen molar-refractivity contribution in [2.45, 2.75) is 13.3 Å². The molecule has 2 amide bonds. The molecule has 0 unspecified atom stereocenters. The Balaban J connectivity index is 2.17. The second-order valence-electron chi connectivity index (χ2n) is 4.19. The van der Waals surface area contributed by atoms with Gasteiger partial charge in [0.1, 0.15) is 0 Å².